The fraction of sp³-hybridized carbons (Fsp3) is 0.0588. The van der Waals surface area contributed by atoms with E-state index in [9.17, 15) is 9.65 Å². The van der Waals surface area contributed by atoms with Crippen LogP contribution in [0.2, 0.25) is 5.02 Å². The average Bonchev–Trinajstić information content (AvgIpc) is 2.51. The van der Waals surface area contributed by atoms with E-state index < -0.39 is 5.82 Å². The lowest BCUT2D eigenvalue weighted by Crippen LogP contribution is -1.97. The summed E-state index contributed by atoms with van der Waals surface area (Å²) in [6.07, 6.45) is 1.52. The van der Waals surface area contributed by atoms with Gasteiger partial charge in [0.1, 0.15) is 11.9 Å². The predicted molar refractivity (Wildman–Crippen MR) is 85.9 cm³/mol. The van der Waals surface area contributed by atoms with Crippen LogP contribution in [0.5, 0.6) is 0 Å². The number of nitriles is 1. The molecule has 0 atom stereocenters. The maximum atomic E-state index is 13.3. The molecule has 0 saturated carbocycles. The van der Waals surface area contributed by atoms with E-state index in [1.54, 1.807) is 6.07 Å². The first-order valence-corrected chi connectivity index (χ1v) is 6.98. The second-order valence-electron chi connectivity index (χ2n) is 4.93. The molecule has 1 heterocycles. The Morgan fingerprint density at radius 3 is 2.77 bits per heavy atom. The van der Waals surface area contributed by atoms with Crippen molar-refractivity contribution in [3.63, 3.8) is 0 Å². The summed E-state index contributed by atoms with van der Waals surface area (Å²) in [5, 5.41) is 13.3. The maximum Gasteiger partial charge on any atom is 0.141 e. The van der Waals surface area contributed by atoms with E-state index in [0.717, 1.165) is 16.5 Å². The molecule has 1 N–H and O–H groups in total. The molecule has 5 heteroatoms. The summed E-state index contributed by atoms with van der Waals surface area (Å²) in [5.41, 5.74) is 3.50. The normalized spacial score (nSPS) is 10.5. The highest BCUT2D eigenvalue weighted by Crippen LogP contribution is 2.30. The lowest BCUT2D eigenvalue weighted by molar-refractivity contribution is 0.628. The minimum Gasteiger partial charge on any atom is -0.354 e. The average molecular weight is 312 g/mol. The summed E-state index contributed by atoms with van der Waals surface area (Å²) in [4.78, 5) is 4.28. The van der Waals surface area contributed by atoms with E-state index in [1.165, 1.54) is 18.3 Å². The van der Waals surface area contributed by atoms with Crippen molar-refractivity contribution in [2.24, 2.45) is 0 Å². The molecule has 2 aromatic carbocycles. The van der Waals surface area contributed by atoms with Crippen molar-refractivity contribution in [1.29, 1.82) is 5.26 Å². The monoisotopic (exact) mass is 311 g/mol. The molecule has 0 amide bonds. The highest BCUT2D eigenvalue weighted by molar-refractivity contribution is 6.31. The molecule has 108 valence electrons. The Balaban J connectivity index is 2.17. The van der Waals surface area contributed by atoms with Gasteiger partial charge in [0.2, 0.25) is 0 Å². The molecule has 22 heavy (non-hydrogen) atoms. The van der Waals surface area contributed by atoms with Gasteiger partial charge in [0, 0.05) is 17.3 Å². The molecule has 0 fully saturated rings. The number of fused-ring (bicyclic) bond motifs is 1. The first-order valence-electron chi connectivity index (χ1n) is 6.60. The van der Waals surface area contributed by atoms with E-state index in [2.05, 4.69) is 16.4 Å². The predicted octanol–water partition coefficient (Wildman–Crippen LogP) is 4.95. The number of benzene rings is 2. The molecule has 0 aliphatic rings. The van der Waals surface area contributed by atoms with Crippen LogP contribution in [0.3, 0.4) is 0 Å². The first kappa shape index (κ1) is 14.3. The van der Waals surface area contributed by atoms with E-state index in [4.69, 9.17) is 11.6 Å². The largest absolute Gasteiger partial charge is 0.354 e. The molecular weight excluding hydrogens is 301 g/mol. The highest BCUT2D eigenvalue weighted by atomic mass is 35.5. The number of nitrogens with one attached hydrogen (secondary N) is 1. The van der Waals surface area contributed by atoms with Crippen LogP contribution in [0.4, 0.5) is 15.8 Å². The van der Waals surface area contributed by atoms with Gasteiger partial charge in [-0.3, -0.25) is 4.98 Å². The molecule has 0 radical (unpaired) electrons. The molecule has 3 rings (SSSR count). The van der Waals surface area contributed by atoms with E-state index >= 15 is 0 Å². The number of aryl methyl sites for hydroxylation is 1. The first-order chi connectivity index (χ1) is 10.6. The van der Waals surface area contributed by atoms with E-state index in [1.807, 2.05) is 25.1 Å². The zero-order chi connectivity index (χ0) is 15.7. The third-order valence-corrected chi connectivity index (χ3v) is 3.62. The number of rotatable bonds is 2. The summed E-state index contributed by atoms with van der Waals surface area (Å²) in [7, 11) is 0. The third kappa shape index (κ3) is 2.59. The van der Waals surface area contributed by atoms with Crippen molar-refractivity contribution in [3.05, 3.63) is 64.6 Å². The van der Waals surface area contributed by atoms with Gasteiger partial charge < -0.3 is 5.32 Å². The lowest BCUT2D eigenvalue weighted by Gasteiger charge is -2.12. The molecule has 3 aromatic rings. The molecule has 0 saturated heterocycles. The molecule has 1 aromatic heterocycles. The molecule has 0 spiro atoms. The van der Waals surface area contributed by atoms with Crippen LogP contribution in [-0.4, -0.2) is 4.98 Å². The standard InChI is InChI=1S/C17H11ClFN3/c1-10-2-5-16-13(6-10)17(11(8-20)9-21-16)22-12-3-4-15(19)14(18)7-12/h2-7,9H,1H3,(H,21,22). The summed E-state index contributed by atoms with van der Waals surface area (Å²) in [5.74, 6) is -0.483. The second-order valence-corrected chi connectivity index (χ2v) is 5.34. The van der Waals surface area contributed by atoms with Crippen molar-refractivity contribution in [1.82, 2.24) is 4.98 Å². The van der Waals surface area contributed by atoms with Crippen LogP contribution in [0.1, 0.15) is 11.1 Å². The Kier molecular flexibility index (Phi) is 3.66. The zero-order valence-electron chi connectivity index (χ0n) is 11.7. The fourth-order valence-electron chi connectivity index (χ4n) is 2.24. The molecule has 0 aliphatic heterocycles. The topological polar surface area (TPSA) is 48.7 Å². The van der Waals surface area contributed by atoms with Gasteiger partial charge in [0.15, 0.2) is 0 Å². The van der Waals surface area contributed by atoms with Gasteiger partial charge in [0.05, 0.1) is 21.8 Å². The fourth-order valence-corrected chi connectivity index (χ4v) is 2.42. The number of aromatic nitrogens is 1. The van der Waals surface area contributed by atoms with Gasteiger partial charge in [0.25, 0.3) is 0 Å². The summed E-state index contributed by atoms with van der Waals surface area (Å²) in [6.45, 7) is 1.97. The quantitative estimate of drug-likeness (QED) is 0.728. The van der Waals surface area contributed by atoms with Crippen molar-refractivity contribution in [2.75, 3.05) is 5.32 Å². The molecule has 0 aliphatic carbocycles. The summed E-state index contributed by atoms with van der Waals surface area (Å²) >= 11 is 5.80. The smallest absolute Gasteiger partial charge is 0.141 e. The number of halogens is 2. The molecule has 3 nitrogen and oxygen atoms in total. The Bertz CT molecular complexity index is 916. The maximum absolute atomic E-state index is 13.3. The van der Waals surface area contributed by atoms with Crippen LogP contribution in [0.15, 0.2) is 42.6 Å². The number of anilines is 2. The lowest BCUT2D eigenvalue weighted by atomic mass is 10.1. The van der Waals surface area contributed by atoms with Crippen LogP contribution in [-0.2, 0) is 0 Å². The summed E-state index contributed by atoms with van der Waals surface area (Å²) in [6, 6.07) is 12.3. The second kappa shape index (κ2) is 5.63. The van der Waals surface area contributed by atoms with E-state index in [-0.39, 0.29) is 5.02 Å². The van der Waals surface area contributed by atoms with Crippen molar-refractivity contribution < 1.29 is 4.39 Å². The third-order valence-electron chi connectivity index (χ3n) is 3.33. The Morgan fingerprint density at radius 1 is 1.23 bits per heavy atom. The van der Waals surface area contributed by atoms with Gasteiger partial charge in [-0.25, -0.2) is 4.39 Å². The van der Waals surface area contributed by atoms with Gasteiger partial charge in [-0.05, 0) is 37.3 Å². The molecule has 0 bridgehead atoms. The van der Waals surface area contributed by atoms with Gasteiger partial charge in [-0.2, -0.15) is 5.26 Å². The number of hydrogen-bond acceptors (Lipinski definition) is 3. The van der Waals surface area contributed by atoms with Crippen LogP contribution < -0.4 is 5.32 Å². The van der Waals surface area contributed by atoms with Crippen molar-refractivity contribution in [3.8, 4) is 6.07 Å². The Hall–Kier alpha value is -2.64. The van der Waals surface area contributed by atoms with Crippen LogP contribution >= 0.6 is 11.6 Å². The highest BCUT2D eigenvalue weighted by Gasteiger charge is 2.10. The van der Waals surface area contributed by atoms with Crippen molar-refractivity contribution in [2.45, 2.75) is 6.92 Å². The van der Waals surface area contributed by atoms with Crippen LogP contribution in [0.25, 0.3) is 10.9 Å². The minimum atomic E-state index is -0.483. The minimum absolute atomic E-state index is 0.0260. The molecular formula is C17H11ClFN3. The number of pyridine rings is 1. The van der Waals surface area contributed by atoms with Crippen molar-refractivity contribution >= 4 is 33.9 Å². The summed E-state index contributed by atoms with van der Waals surface area (Å²) < 4.78 is 13.3. The van der Waals surface area contributed by atoms with E-state index in [0.29, 0.717) is 16.9 Å². The molecule has 0 unspecified atom stereocenters. The Labute approximate surface area is 132 Å². The number of nitrogens with zero attached hydrogens (tertiary/aromatic N) is 2. The SMILES string of the molecule is Cc1ccc2ncc(C#N)c(Nc3ccc(F)c(Cl)c3)c2c1. The van der Waals surface area contributed by atoms with Gasteiger partial charge in [-0.15, -0.1) is 0 Å². The zero-order valence-corrected chi connectivity index (χ0v) is 12.4. The Morgan fingerprint density at radius 2 is 2.05 bits per heavy atom. The van der Waals surface area contributed by atoms with Gasteiger partial charge in [-0.1, -0.05) is 23.2 Å². The van der Waals surface area contributed by atoms with Gasteiger partial charge >= 0.3 is 0 Å². The number of hydrogen-bond donors (Lipinski definition) is 1. The van der Waals surface area contributed by atoms with Crippen LogP contribution in [0, 0.1) is 24.1 Å².